The van der Waals surface area contributed by atoms with Crippen molar-refractivity contribution in [3.63, 3.8) is 0 Å². The molecule has 2 aliphatic rings. The van der Waals surface area contributed by atoms with E-state index in [-0.39, 0.29) is 5.54 Å². The predicted octanol–water partition coefficient (Wildman–Crippen LogP) is 3.65. The summed E-state index contributed by atoms with van der Waals surface area (Å²) in [6.45, 7) is 13.0. The van der Waals surface area contributed by atoms with Crippen LogP contribution in [-0.2, 0) is 0 Å². The van der Waals surface area contributed by atoms with Crippen molar-refractivity contribution in [2.24, 2.45) is 23.0 Å². The third-order valence-corrected chi connectivity index (χ3v) is 6.31. The van der Waals surface area contributed by atoms with Crippen molar-refractivity contribution in [1.82, 2.24) is 4.90 Å². The molecule has 0 bridgehead atoms. The van der Waals surface area contributed by atoms with E-state index in [4.69, 9.17) is 5.73 Å². The van der Waals surface area contributed by atoms with Gasteiger partial charge in [0.1, 0.15) is 0 Å². The molecule has 1 saturated heterocycles. The third kappa shape index (κ3) is 2.71. The monoisotopic (exact) mass is 266 g/mol. The lowest BCUT2D eigenvalue weighted by Gasteiger charge is -2.49. The fourth-order valence-corrected chi connectivity index (χ4v) is 4.70. The zero-order valence-corrected chi connectivity index (χ0v) is 13.5. The molecule has 112 valence electrons. The van der Waals surface area contributed by atoms with E-state index in [1.165, 1.54) is 51.6 Å². The maximum absolute atomic E-state index is 6.28. The Labute approximate surface area is 120 Å². The van der Waals surface area contributed by atoms with E-state index in [1.807, 2.05) is 0 Å². The summed E-state index contributed by atoms with van der Waals surface area (Å²) in [5.41, 5.74) is 6.94. The first-order chi connectivity index (χ1) is 8.93. The van der Waals surface area contributed by atoms with Gasteiger partial charge < -0.3 is 5.73 Å². The van der Waals surface area contributed by atoms with Crippen LogP contribution in [0.4, 0.5) is 0 Å². The van der Waals surface area contributed by atoms with Crippen LogP contribution in [0.15, 0.2) is 0 Å². The number of nitrogens with two attached hydrogens (primary N) is 1. The Hall–Kier alpha value is -0.0800. The van der Waals surface area contributed by atoms with E-state index < -0.39 is 0 Å². The maximum Gasteiger partial charge on any atom is 0.0382 e. The van der Waals surface area contributed by atoms with Crippen LogP contribution in [0, 0.1) is 17.3 Å². The smallest absolute Gasteiger partial charge is 0.0382 e. The van der Waals surface area contributed by atoms with Gasteiger partial charge in [0, 0.05) is 12.1 Å². The molecule has 2 heteroatoms. The average Bonchev–Trinajstić information content (AvgIpc) is 2.55. The Kier molecular flexibility index (Phi) is 4.62. The number of nitrogens with zero attached hydrogens (tertiary/aromatic N) is 1. The molecule has 1 saturated carbocycles. The first kappa shape index (κ1) is 15.3. The number of hydrogen-bond donors (Lipinski definition) is 1. The van der Waals surface area contributed by atoms with Gasteiger partial charge >= 0.3 is 0 Å². The first-order valence-corrected chi connectivity index (χ1v) is 8.38. The van der Waals surface area contributed by atoms with Gasteiger partial charge in [0.05, 0.1) is 0 Å². The predicted molar refractivity (Wildman–Crippen MR) is 83.2 cm³/mol. The fraction of sp³-hybridized carbons (Fsp3) is 1.00. The van der Waals surface area contributed by atoms with Crippen molar-refractivity contribution in [3.05, 3.63) is 0 Å². The largest absolute Gasteiger partial charge is 0.329 e. The van der Waals surface area contributed by atoms with Crippen LogP contribution in [0.3, 0.4) is 0 Å². The van der Waals surface area contributed by atoms with E-state index in [9.17, 15) is 0 Å². The summed E-state index contributed by atoms with van der Waals surface area (Å²) >= 11 is 0. The Bertz CT molecular complexity index is 298. The summed E-state index contributed by atoms with van der Waals surface area (Å²) in [6.07, 6.45) is 8.15. The second-order valence-corrected chi connectivity index (χ2v) is 7.90. The van der Waals surface area contributed by atoms with E-state index in [0.717, 1.165) is 18.4 Å². The van der Waals surface area contributed by atoms with E-state index >= 15 is 0 Å². The van der Waals surface area contributed by atoms with Crippen molar-refractivity contribution in [2.75, 3.05) is 19.6 Å². The standard InChI is InChI=1S/C17H34N2/c1-14(2)15-7-5-11-19(12-8-15)17(13-18)10-6-9-16(17,3)4/h14-15H,5-13,18H2,1-4H3. The molecule has 1 aliphatic heterocycles. The molecule has 2 rings (SSSR count). The highest BCUT2D eigenvalue weighted by molar-refractivity contribution is 5.07. The number of likely N-dealkylation sites (tertiary alicyclic amines) is 1. The van der Waals surface area contributed by atoms with Gasteiger partial charge in [0.2, 0.25) is 0 Å². The SMILES string of the molecule is CC(C)C1CCCN(C2(CN)CCCC2(C)C)CC1. The van der Waals surface area contributed by atoms with Crippen LogP contribution in [0.2, 0.25) is 0 Å². The van der Waals surface area contributed by atoms with Crippen LogP contribution in [-0.4, -0.2) is 30.1 Å². The van der Waals surface area contributed by atoms with Crippen LogP contribution < -0.4 is 5.73 Å². The van der Waals surface area contributed by atoms with Crippen molar-refractivity contribution >= 4 is 0 Å². The Morgan fingerprint density at radius 1 is 1.11 bits per heavy atom. The van der Waals surface area contributed by atoms with Gasteiger partial charge in [-0.15, -0.1) is 0 Å². The van der Waals surface area contributed by atoms with E-state index in [2.05, 4.69) is 32.6 Å². The first-order valence-electron chi connectivity index (χ1n) is 8.38. The van der Waals surface area contributed by atoms with E-state index in [1.54, 1.807) is 0 Å². The maximum atomic E-state index is 6.28. The highest BCUT2D eigenvalue weighted by atomic mass is 15.2. The lowest BCUT2D eigenvalue weighted by Crippen LogP contribution is -2.60. The molecule has 0 aromatic rings. The molecule has 2 atom stereocenters. The highest BCUT2D eigenvalue weighted by Gasteiger charge is 2.51. The van der Waals surface area contributed by atoms with Crippen LogP contribution >= 0.6 is 0 Å². The van der Waals surface area contributed by atoms with Gasteiger partial charge in [0.25, 0.3) is 0 Å². The lowest BCUT2D eigenvalue weighted by atomic mass is 9.73. The van der Waals surface area contributed by atoms with Crippen molar-refractivity contribution in [1.29, 1.82) is 0 Å². The molecular weight excluding hydrogens is 232 g/mol. The summed E-state index contributed by atoms with van der Waals surface area (Å²) in [5, 5.41) is 0. The second kappa shape index (κ2) is 5.73. The number of rotatable bonds is 3. The Morgan fingerprint density at radius 2 is 1.84 bits per heavy atom. The van der Waals surface area contributed by atoms with Gasteiger partial charge in [-0.25, -0.2) is 0 Å². The van der Waals surface area contributed by atoms with E-state index in [0.29, 0.717) is 5.41 Å². The molecule has 0 aromatic carbocycles. The second-order valence-electron chi connectivity index (χ2n) is 7.90. The zero-order chi connectivity index (χ0) is 14.1. The normalized spacial score (nSPS) is 36.6. The number of hydrogen-bond acceptors (Lipinski definition) is 2. The molecule has 19 heavy (non-hydrogen) atoms. The Morgan fingerprint density at radius 3 is 2.37 bits per heavy atom. The van der Waals surface area contributed by atoms with Crippen molar-refractivity contribution in [3.8, 4) is 0 Å². The summed E-state index contributed by atoms with van der Waals surface area (Å²) in [6, 6.07) is 0. The summed E-state index contributed by atoms with van der Waals surface area (Å²) in [5.74, 6) is 1.76. The van der Waals surface area contributed by atoms with Crippen LogP contribution in [0.25, 0.3) is 0 Å². The van der Waals surface area contributed by atoms with Crippen molar-refractivity contribution < 1.29 is 0 Å². The van der Waals surface area contributed by atoms with Crippen LogP contribution in [0.1, 0.15) is 66.2 Å². The molecule has 2 nitrogen and oxygen atoms in total. The summed E-state index contributed by atoms with van der Waals surface area (Å²) < 4.78 is 0. The lowest BCUT2D eigenvalue weighted by molar-refractivity contribution is 0.0141. The molecule has 2 N–H and O–H groups in total. The van der Waals surface area contributed by atoms with Gasteiger partial charge in [-0.2, -0.15) is 0 Å². The third-order valence-electron chi connectivity index (χ3n) is 6.31. The fourth-order valence-electron chi connectivity index (χ4n) is 4.70. The molecular formula is C17H34N2. The summed E-state index contributed by atoms with van der Waals surface area (Å²) in [4.78, 5) is 2.78. The quantitative estimate of drug-likeness (QED) is 0.845. The molecule has 0 amide bonds. The van der Waals surface area contributed by atoms with Gasteiger partial charge in [0.15, 0.2) is 0 Å². The average molecular weight is 266 g/mol. The van der Waals surface area contributed by atoms with Crippen molar-refractivity contribution in [2.45, 2.75) is 71.8 Å². The molecule has 0 aromatic heterocycles. The van der Waals surface area contributed by atoms with Crippen LogP contribution in [0.5, 0.6) is 0 Å². The molecule has 1 aliphatic carbocycles. The summed E-state index contributed by atoms with van der Waals surface area (Å²) in [7, 11) is 0. The van der Waals surface area contributed by atoms with Gasteiger partial charge in [-0.05, 0) is 62.4 Å². The molecule has 1 heterocycles. The minimum Gasteiger partial charge on any atom is -0.329 e. The minimum absolute atomic E-state index is 0.277. The highest BCUT2D eigenvalue weighted by Crippen LogP contribution is 2.49. The molecule has 0 radical (unpaired) electrons. The van der Waals surface area contributed by atoms with Gasteiger partial charge in [-0.3, -0.25) is 4.90 Å². The minimum atomic E-state index is 0.277. The molecule has 2 unspecified atom stereocenters. The molecule has 2 fully saturated rings. The topological polar surface area (TPSA) is 29.3 Å². The zero-order valence-electron chi connectivity index (χ0n) is 13.5. The molecule has 0 spiro atoms. The van der Waals surface area contributed by atoms with Gasteiger partial charge in [-0.1, -0.05) is 34.1 Å². The Balaban J connectivity index is 2.12.